The van der Waals surface area contributed by atoms with Gasteiger partial charge in [-0.2, -0.15) is 0 Å². The van der Waals surface area contributed by atoms with E-state index < -0.39 is 0 Å². The van der Waals surface area contributed by atoms with Crippen LogP contribution in [0.3, 0.4) is 0 Å². The van der Waals surface area contributed by atoms with E-state index in [4.69, 9.17) is 10.8 Å². The van der Waals surface area contributed by atoms with Crippen LogP contribution >= 0.6 is 15.9 Å². The number of aryl methyl sites for hydroxylation is 2. The predicted molar refractivity (Wildman–Crippen MR) is 68.4 cm³/mol. The van der Waals surface area contributed by atoms with Gasteiger partial charge in [-0.3, -0.25) is 0 Å². The number of nitrogen functional groups attached to an aromatic ring is 1. The molecule has 0 bridgehead atoms. The molecule has 0 aliphatic heterocycles. The lowest BCUT2D eigenvalue weighted by molar-refractivity contribution is 0.284. The SMILES string of the molecule is Cn1c(Br)nc2c(N)nc(CCCCO)nc21. The number of unbranched alkanes of at least 4 members (excludes halogenated alkanes) is 1. The number of hydrogen-bond donors (Lipinski definition) is 2. The van der Waals surface area contributed by atoms with Crippen LogP contribution in [0.2, 0.25) is 0 Å². The van der Waals surface area contributed by atoms with Crippen LogP contribution in [0.15, 0.2) is 4.73 Å². The number of halogens is 1. The van der Waals surface area contributed by atoms with Crippen molar-refractivity contribution < 1.29 is 5.11 Å². The number of anilines is 1. The summed E-state index contributed by atoms with van der Waals surface area (Å²) in [5, 5.41) is 8.73. The van der Waals surface area contributed by atoms with E-state index in [1.165, 1.54) is 0 Å². The number of aliphatic hydroxyl groups excluding tert-OH is 1. The largest absolute Gasteiger partial charge is 0.396 e. The Bertz CT molecular complexity index is 539. The summed E-state index contributed by atoms with van der Waals surface area (Å²) >= 11 is 3.33. The number of nitrogens with zero attached hydrogens (tertiary/aromatic N) is 4. The first kappa shape index (κ1) is 12.3. The fourth-order valence-corrected chi connectivity index (χ4v) is 1.95. The summed E-state index contributed by atoms with van der Waals surface area (Å²) in [6.07, 6.45) is 2.31. The Morgan fingerprint density at radius 3 is 2.76 bits per heavy atom. The van der Waals surface area contributed by atoms with Crippen LogP contribution in [0.1, 0.15) is 18.7 Å². The third-order valence-electron chi connectivity index (χ3n) is 2.55. The highest BCUT2D eigenvalue weighted by molar-refractivity contribution is 9.10. The van der Waals surface area contributed by atoms with Gasteiger partial charge in [0.05, 0.1) is 0 Å². The zero-order valence-corrected chi connectivity index (χ0v) is 11.1. The molecule has 2 rings (SSSR count). The molecule has 17 heavy (non-hydrogen) atoms. The van der Waals surface area contributed by atoms with Crippen molar-refractivity contribution in [3.05, 3.63) is 10.6 Å². The number of imidazole rings is 1. The first-order valence-electron chi connectivity index (χ1n) is 5.38. The quantitative estimate of drug-likeness (QED) is 0.650. The lowest BCUT2D eigenvalue weighted by Crippen LogP contribution is -2.03. The van der Waals surface area contributed by atoms with Crippen LogP contribution in [0.25, 0.3) is 11.2 Å². The topological polar surface area (TPSA) is 89.9 Å². The number of aliphatic hydroxyl groups is 1. The second-order valence-corrected chi connectivity index (χ2v) is 4.53. The molecule has 92 valence electrons. The minimum Gasteiger partial charge on any atom is -0.396 e. The predicted octanol–water partition coefficient (Wildman–Crippen LogP) is 1.02. The summed E-state index contributed by atoms with van der Waals surface area (Å²) in [5.74, 6) is 1.09. The summed E-state index contributed by atoms with van der Waals surface area (Å²) in [6, 6.07) is 0. The van der Waals surface area contributed by atoms with Gasteiger partial charge in [-0.05, 0) is 28.8 Å². The van der Waals surface area contributed by atoms with Gasteiger partial charge in [0, 0.05) is 20.1 Å². The molecule has 0 spiro atoms. The van der Waals surface area contributed by atoms with Crippen molar-refractivity contribution >= 4 is 32.9 Å². The lowest BCUT2D eigenvalue weighted by Gasteiger charge is -2.02. The standard InChI is InChI=1S/C10H14BrN5O/c1-16-9-7(15-10(16)11)8(12)13-6(14-9)4-2-3-5-17/h17H,2-5H2,1H3,(H2,12,13,14). The summed E-state index contributed by atoms with van der Waals surface area (Å²) in [4.78, 5) is 12.9. The van der Waals surface area contributed by atoms with Gasteiger partial charge in [0.1, 0.15) is 5.82 Å². The van der Waals surface area contributed by atoms with Crippen molar-refractivity contribution in [2.45, 2.75) is 19.3 Å². The molecular weight excluding hydrogens is 286 g/mol. The van der Waals surface area contributed by atoms with Gasteiger partial charge in [-0.25, -0.2) is 15.0 Å². The normalized spacial score (nSPS) is 11.2. The Morgan fingerprint density at radius 1 is 1.29 bits per heavy atom. The molecule has 3 N–H and O–H groups in total. The van der Waals surface area contributed by atoms with E-state index in [9.17, 15) is 0 Å². The molecule has 0 aliphatic carbocycles. The van der Waals surface area contributed by atoms with E-state index in [2.05, 4.69) is 30.9 Å². The third-order valence-corrected chi connectivity index (χ3v) is 3.26. The average molecular weight is 300 g/mol. The van der Waals surface area contributed by atoms with Crippen molar-refractivity contribution in [2.24, 2.45) is 7.05 Å². The summed E-state index contributed by atoms with van der Waals surface area (Å²) in [5.41, 5.74) is 7.19. The molecule has 0 radical (unpaired) electrons. The van der Waals surface area contributed by atoms with E-state index in [0.717, 1.165) is 18.5 Å². The zero-order valence-electron chi connectivity index (χ0n) is 9.52. The Labute approximate surface area is 107 Å². The van der Waals surface area contributed by atoms with Gasteiger partial charge in [0.2, 0.25) is 0 Å². The molecular formula is C10H14BrN5O. The molecule has 0 saturated heterocycles. The second-order valence-electron chi connectivity index (χ2n) is 3.82. The summed E-state index contributed by atoms with van der Waals surface area (Å²) < 4.78 is 2.50. The lowest BCUT2D eigenvalue weighted by atomic mass is 10.2. The van der Waals surface area contributed by atoms with Crippen LogP contribution in [0.5, 0.6) is 0 Å². The highest BCUT2D eigenvalue weighted by Gasteiger charge is 2.12. The van der Waals surface area contributed by atoms with Crippen LogP contribution in [-0.4, -0.2) is 31.2 Å². The molecule has 6 nitrogen and oxygen atoms in total. The minimum atomic E-state index is 0.189. The molecule has 0 aliphatic rings. The summed E-state index contributed by atoms with van der Waals surface area (Å²) in [7, 11) is 1.86. The van der Waals surface area contributed by atoms with Crippen LogP contribution in [0.4, 0.5) is 5.82 Å². The fraction of sp³-hybridized carbons (Fsp3) is 0.500. The molecule has 0 saturated carbocycles. The second kappa shape index (κ2) is 4.97. The maximum atomic E-state index is 8.73. The first-order valence-corrected chi connectivity index (χ1v) is 6.18. The molecule has 0 fully saturated rings. The Hall–Kier alpha value is -1.21. The average Bonchev–Trinajstić information content (AvgIpc) is 2.58. The molecule has 7 heteroatoms. The van der Waals surface area contributed by atoms with E-state index in [1.54, 1.807) is 0 Å². The zero-order chi connectivity index (χ0) is 12.4. The van der Waals surface area contributed by atoms with Gasteiger partial charge >= 0.3 is 0 Å². The molecule has 2 aromatic rings. The van der Waals surface area contributed by atoms with Crippen molar-refractivity contribution in [3.8, 4) is 0 Å². The number of aromatic nitrogens is 4. The van der Waals surface area contributed by atoms with Gasteiger partial charge in [0.15, 0.2) is 21.7 Å². The van der Waals surface area contributed by atoms with Gasteiger partial charge < -0.3 is 15.4 Å². The number of hydrogen-bond acceptors (Lipinski definition) is 5. The van der Waals surface area contributed by atoms with Gasteiger partial charge in [-0.15, -0.1) is 0 Å². The Kier molecular flexibility index (Phi) is 3.58. The van der Waals surface area contributed by atoms with E-state index in [-0.39, 0.29) is 6.61 Å². The Morgan fingerprint density at radius 2 is 2.06 bits per heavy atom. The maximum absolute atomic E-state index is 8.73. The number of fused-ring (bicyclic) bond motifs is 1. The van der Waals surface area contributed by atoms with Gasteiger partial charge in [-0.1, -0.05) is 0 Å². The van der Waals surface area contributed by atoms with Crippen molar-refractivity contribution in [1.82, 2.24) is 19.5 Å². The van der Waals surface area contributed by atoms with Crippen molar-refractivity contribution in [1.29, 1.82) is 0 Å². The maximum Gasteiger partial charge on any atom is 0.179 e. The highest BCUT2D eigenvalue weighted by atomic mass is 79.9. The van der Waals surface area contributed by atoms with E-state index >= 15 is 0 Å². The van der Waals surface area contributed by atoms with Crippen LogP contribution in [-0.2, 0) is 13.5 Å². The van der Waals surface area contributed by atoms with Crippen LogP contribution < -0.4 is 5.73 Å². The molecule has 0 atom stereocenters. The smallest absolute Gasteiger partial charge is 0.179 e. The third kappa shape index (κ3) is 2.39. The van der Waals surface area contributed by atoms with Crippen molar-refractivity contribution in [2.75, 3.05) is 12.3 Å². The van der Waals surface area contributed by atoms with E-state index in [1.807, 2.05) is 11.6 Å². The highest BCUT2D eigenvalue weighted by Crippen LogP contribution is 2.21. The molecule has 0 unspecified atom stereocenters. The monoisotopic (exact) mass is 299 g/mol. The van der Waals surface area contributed by atoms with Gasteiger partial charge in [0.25, 0.3) is 0 Å². The molecule has 2 aromatic heterocycles. The molecule has 0 amide bonds. The molecule has 2 heterocycles. The number of nitrogens with two attached hydrogens (primary N) is 1. The first-order chi connectivity index (χ1) is 8.13. The van der Waals surface area contributed by atoms with E-state index in [0.29, 0.717) is 28.3 Å². The minimum absolute atomic E-state index is 0.189. The van der Waals surface area contributed by atoms with Crippen molar-refractivity contribution in [3.63, 3.8) is 0 Å². The van der Waals surface area contributed by atoms with Crippen LogP contribution in [0, 0.1) is 0 Å². The summed E-state index contributed by atoms with van der Waals surface area (Å²) in [6.45, 7) is 0.189. The molecule has 0 aromatic carbocycles. The Balaban J connectivity index is 2.36. The number of rotatable bonds is 4. The fourth-order valence-electron chi connectivity index (χ4n) is 1.61.